The van der Waals surface area contributed by atoms with Gasteiger partial charge in [0.25, 0.3) is 0 Å². The molecule has 112 valence electrons. The molecule has 3 heteroatoms. The maximum absolute atomic E-state index is 4.40. The SMILES string of the molecule is CC(C)(C)CC=NCCNCCN=CCC(C)(C)C. The summed E-state index contributed by atoms with van der Waals surface area (Å²) in [7, 11) is 0. The van der Waals surface area contributed by atoms with E-state index in [2.05, 4.69) is 56.8 Å². The van der Waals surface area contributed by atoms with Gasteiger partial charge in [-0.2, -0.15) is 0 Å². The molecular weight excluding hydrogens is 234 g/mol. The summed E-state index contributed by atoms with van der Waals surface area (Å²) in [6.07, 6.45) is 6.18. The minimum atomic E-state index is 0.346. The Labute approximate surface area is 120 Å². The van der Waals surface area contributed by atoms with Crippen LogP contribution in [0.25, 0.3) is 0 Å². The second-order valence-electron chi connectivity index (χ2n) is 7.46. The van der Waals surface area contributed by atoms with Crippen molar-refractivity contribution in [2.45, 2.75) is 54.4 Å². The predicted octanol–water partition coefficient (Wildman–Crippen LogP) is 3.59. The van der Waals surface area contributed by atoms with E-state index in [9.17, 15) is 0 Å². The first-order chi connectivity index (χ1) is 8.71. The second kappa shape index (κ2) is 9.24. The molecule has 0 aromatic carbocycles. The number of nitrogens with zero attached hydrogens (tertiary/aromatic N) is 2. The van der Waals surface area contributed by atoms with Crippen LogP contribution in [0.15, 0.2) is 9.98 Å². The van der Waals surface area contributed by atoms with E-state index in [0.29, 0.717) is 10.8 Å². The fourth-order valence-corrected chi connectivity index (χ4v) is 1.27. The van der Waals surface area contributed by atoms with Gasteiger partial charge in [-0.15, -0.1) is 0 Å². The normalized spacial score (nSPS) is 13.8. The summed E-state index contributed by atoms with van der Waals surface area (Å²) in [6, 6.07) is 0. The van der Waals surface area contributed by atoms with Gasteiger partial charge in [0.05, 0.1) is 13.1 Å². The highest BCUT2D eigenvalue weighted by atomic mass is 14.9. The average molecular weight is 267 g/mol. The van der Waals surface area contributed by atoms with Gasteiger partial charge in [-0.3, -0.25) is 9.98 Å². The molecule has 0 aliphatic heterocycles. The van der Waals surface area contributed by atoms with Crippen molar-refractivity contribution in [1.82, 2.24) is 5.32 Å². The van der Waals surface area contributed by atoms with Crippen LogP contribution in [0.2, 0.25) is 0 Å². The summed E-state index contributed by atoms with van der Waals surface area (Å²) >= 11 is 0. The molecule has 0 aromatic heterocycles. The summed E-state index contributed by atoms with van der Waals surface area (Å²) < 4.78 is 0. The Kier molecular flexibility index (Phi) is 8.90. The molecule has 0 saturated carbocycles. The zero-order valence-corrected chi connectivity index (χ0v) is 13.8. The fraction of sp³-hybridized carbons (Fsp3) is 0.875. The van der Waals surface area contributed by atoms with Crippen molar-refractivity contribution in [3.63, 3.8) is 0 Å². The zero-order chi connectivity index (χ0) is 14.8. The third kappa shape index (κ3) is 17.3. The van der Waals surface area contributed by atoms with Crippen molar-refractivity contribution >= 4 is 12.4 Å². The monoisotopic (exact) mass is 267 g/mol. The van der Waals surface area contributed by atoms with Crippen molar-refractivity contribution in [3.8, 4) is 0 Å². The van der Waals surface area contributed by atoms with Crippen molar-refractivity contribution in [2.75, 3.05) is 26.2 Å². The van der Waals surface area contributed by atoms with E-state index in [-0.39, 0.29) is 0 Å². The minimum Gasteiger partial charge on any atom is -0.313 e. The molecule has 0 fully saturated rings. The van der Waals surface area contributed by atoms with E-state index in [1.807, 2.05) is 12.4 Å². The molecule has 0 amide bonds. The van der Waals surface area contributed by atoms with E-state index in [0.717, 1.165) is 39.0 Å². The van der Waals surface area contributed by atoms with Crippen molar-refractivity contribution < 1.29 is 0 Å². The van der Waals surface area contributed by atoms with E-state index in [1.165, 1.54) is 0 Å². The van der Waals surface area contributed by atoms with Crippen LogP contribution in [-0.4, -0.2) is 38.6 Å². The average Bonchev–Trinajstić information content (AvgIpc) is 2.22. The molecule has 0 aliphatic carbocycles. The Hall–Kier alpha value is -0.700. The maximum atomic E-state index is 4.40. The maximum Gasteiger partial charge on any atom is 0.0510 e. The number of nitrogens with one attached hydrogen (secondary N) is 1. The Morgan fingerprint density at radius 1 is 0.737 bits per heavy atom. The van der Waals surface area contributed by atoms with Crippen molar-refractivity contribution in [1.29, 1.82) is 0 Å². The van der Waals surface area contributed by atoms with E-state index in [4.69, 9.17) is 0 Å². The van der Waals surface area contributed by atoms with E-state index < -0.39 is 0 Å². The van der Waals surface area contributed by atoms with Crippen LogP contribution in [0.4, 0.5) is 0 Å². The largest absolute Gasteiger partial charge is 0.313 e. The topological polar surface area (TPSA) is 36.8 Å². The van der Waals surface area contributed by atoms with E-state index in [1.54, 1.807) is 0 Å². The van der Waals surface area contributed by atoms with Gasteiger partial charge in [-0.1, -0.05) is 41.5 Å². The fourth-order valence-electron chi connectivity index (χ4n) is 1.27. The van der Waals surface area contributed by atoms with Gasteiger partial charge in [0.15, 0.2) is 0 Å². The van der Waals surface area contributed by atoms with Gasteiger partial charge in [-0.05, 0) is 36.1 Å². The first-order valence-corrected chi connectivity index (χ1v) is 7.38. The summed E-state index contributed by atoms with van der Waals surface area (Å²) in [5.74, 6) is 0. The van der Waals surface area contributed by atoms with Crippen LogP contribution in [0.5, 0.6) is 0 Å². The first kappa shape index (κ1) is 18.3. The van der Waals surface area contributed by atoms with Gasteiger partial charge in [0.2, 0.25) is 0 Å². The number of hydrogen-bond acceptors (Lipinski definition) is 3. The standard InChI is InChI=1S/C16H33N3/c1-15(2,3)7-9-17-11-13-19-14-12-18-10-8-16(4,5)6/h9-10,19H,7-8,11-14H2,1-6H3. The number of rotatable bonds is 8. The van der Waals surface area contributed by atoms with Gasteiger partial charge in [-0.25, -0.2) is 0 Å². The Bertz CT molecular complexity index is 239. The zero-order valence-electron chi connectivity index (χ0n) is 13.8. The predicted molar refractivity (Wildman–Crippen MR) is 87.7 cm³/mol. The second-order valence-corrected chi connectivity index (χ2v) is 7.46. The van der Waals surface area contributed by atoms with Crippen LogP contribution in [0, 0.1) is 10.8 Å². The molecule has 0 atom stereocenters. The van der Waals surface area contributed by atoms with Gasteiger partial charge in [0, 0.05) is 13.1 Å². The third-order valence-electron chi connectivity index (χ3n) is 2.50. The molecule has 0 spiro atoms. The highest BCUT2D eigenvalue weighted by molar-refractivity contribution is 5.58. The lowest BCUT2D eigenvalue weighted by Gasteiger charge is -2.13. The lowest BCUT2D eigenvalue weighted by molar-refractivity contribution is 0.437. The molecule has 0 saturated heterocycles. The highest BCUT2D eigenvalue weighted by Gasteiger charge is 2.07. The van der Waals surface area contributed by atoms with Crippen molar-refractivity contribution in [2.24, 2.45) is 20.8 Å². The smallest absolute Gasteiger partial charge is 0.0510 e. The van der Waals surface area contributed by atoms with Crippen LogP contribution < -0.4 is 5.32 Å². The summed E-state index contributed by atoms with van der Waals surface area (Å²) in [6.45, 7) is 17.0. The summed E-state index contributed by atoms with van der Waals surface area (Å²) in [5.41, 5.74) is 0.692. The highest BCUT2D eigenvalue weighted by Crippen LogP contribution is 2.16. The molecule has 0 rings (SSSR count). The summed E-state index contributed by atoms with van der Waals surface area (Å²) in [4.78, 5) is 8.79. The molecule has 0 heterocycles. The molecule has 3 nitrogen and oxygen atoms in total. The van der Waals surface area contributed by atoms with Gasteiger partial charge >= 0.3 is 0 Å². The Balaban J connectivity index is 3.37. The number of aliphatic imine (C=N–C) groups is 2. The van der Waals surface area contributed by atoms with Crippen LogP contribution >= 0.6 is 0 Å². The quantitative estimate of drug-likeness (QED) is 0.529. The van der Waals surface area contributed by atoms with Crippen LogP contribution in [0.3, 0.4) is 0 Å². The molecule has 0 bridgehead atoms. The Morgan fingerprint density at radius 2 is 1.11 bits per heavy atom. The van der Waals surface area contributed by atoms with Gasteiger partial charge in [0.1, 0.15) is 0 Å². The lowest BCUT2D eigenvalue weighted by Crippen LogP contribution is -2.21. The van der Waals surface area contributed by atoms with Crippen molar-refractivity contribution in [3.05, 3.63) is 0 Å². The van der Waals surface area contributed by atoms with Crippen LogP contribution in [0.1, 0.15) is 54.4 Å². The Morgan fingerprint density at radius 3 is 1.42 bits per heavy atom. The molecular formula is C16H33N3. The first-order valence-electron chi connectivity index (χ1n) is 7.38. The molecule has 0 aromatic rings. The molecule has 0 radical (unpaired) electrons. The minimum absolute atomic E-state index is 0.346. The van der Waals surface area contributed by atoms with Gasteiger partial charge < -0.3 is 5.32 Å². The summed E-state index contributed by atoms with van der Waals surface area (Å²) in [5, 5.41) is 3.35. The third-order valence-corrected chi connectivity index (χ3v) is 2.50. The number of hydrogen-bond donors (Lipinski definition) is 1. The molecule has 19 heavy (non-hydrogen) atoms. The lowest BCUT2D eigenvalue weighted by atomic mass is 9.93. The molecule has 0 unspecified atom stereocenters. The van der Waals surface area contributed by atoms with Crippen LogP contribution in [-0.2, 0) is 0 Å². The molecule has 0 aliphatic rings. The van der Waals surface area contributed by atoms with E-state index >= 15 is 0 Å². The molecule has 1 N–H and O–H groups in total.